The molecule has 0 fully saturated rings. The number of hydrogen-bond acceptors (Lipinski definition) is 4. The molecule has 5 nitrogen and oxygen atoms in total. The average Bonchev–Trinajstić information content (AvgIpc) is 3.13. The first-order valence-corrected chi connectivity index (χ1v) is 8.93. The van der Waals surface area contributed by atoms with Crippen LogP contribution in [0, 0.1) is 0 Å². The minimum Gasteiger partial charge on any atom is -0.461 e. The van der Waals surface area contributed by atoms with Gasteiger partial charge in [0.1, 0.15) is 0 Å². The van der Waals surface area contributed by atoms with E-state index in [4.69, 9.17) is 16.3 Å². The lowest BCUT2D eigenvalue weighted by Crippen LogP contribution is -2.06. The second-order valence-corrected chi connectivity index (χ2v) is 6.30. The summed E-state index contributed by atoms with van der Waals surface area (Å²) >= 11 is 6.42. The van der Waals surface area contributed by atoms with Crippen molar-refractivity contribution in [2.45, 2.75) is 6.92 Å². The van der Waals surface area contributed by atoms with Gasteiger partial charge in [0.05, 0.1) is 18.0 Å². The van der Waals surface area contributed by atoms with Crippen LogP contribution in [-0.2, 0) is 4.74 Å². The first kappa shape index (κ1) is 17.2. The van der Waals surface area contributed by atoms with E-state index in [1.807, 2.05) is 60.7 Å². The zero-order chi connectivity index (χ0) is 18.8. The molecule has 2 heterocycles. The van der Waals surface area contributed by atoms with Gasteiger partial charge in [0.15, 0.2) is 11.3 Å². The standard InChI is InChI=1S/C21H16ClN3O2/c1-2-27-21(26)18-13-20-23-17(14-8-4-3-5-9-14)12-19(25(20)24-18)15-10-6-7-11-16(15)22/h3-13H,2H2,1H3. The number of halogens is 1. The van der Waals surface area contributed by atoms with Gasteiger partial charge in [-0.15, -0.1) is 0 Å². The van der Waals surface area contributed by atoms with E-state index in [9.17, 15) is 4.79 Å². The number of rotatable bonds is 4. The van der Waals surface area contributed by atoms with Crippen molar-refractivity contribution in [3.05, 3.63) is 77.4 Å². The molecule has 0 saturated heterocycles. The Labute approximate surface area is 161 Å². The normalized spacial score (nSPS) is 10.9. The Morgan fingerprint density at radius 3 is 2.56 bits per heavy atom. The van der Waals surface area contributed by atoms with Gasteiger partial charge in [-0.2, -0.15) is 5.10 Å². The molecule has 0 unspecified atom stereocenters. The maximum Gasteiger partial charge on any atom is 0.358 e. The molecule has 0 aliphatic rings. The zero-order valence-electron chi connectivity index (χ0n) is 14.6. The monoisotopic (exact) mass is 377 g/mol. The molecule has 6 heteroatoms. The topological polar surface area (TPSA) is 56.5 Å². The highest BCUT2D eigenvalue weighted by Gasteiger charge is 2.18. The van der Waals surface area contributed by atoms with Gasteiger partial charge in [-0.3, -0.25) is 0 Å². The van der Waals surface area contributed by atoms with Gasteiger partial charge in [0, 0.05) is 22.2 Å². The Balaban J connectivity index is 1.98. The summed E-state index contributed by atoms with van der Waals surface area (Å²) < 4.78 is 6.70. The van der Waals surface area contributed by atoms with Crippen LogP contribution in [0.5, 0.6) is 0 Å². The summed E-state index contributed by atoms with van der Waals surface area (Å²) in [5, 5.41) is 5.00. The van der Waals surface area contributed by atoms with Gasteiger partial charge in [-0.05, 0) is 19.1 Å². The number of aromatic nitrogens is 3. The second-order valence-electron chi connectivity index (χ2n) is 5.89. The summed E-state index contributed by atoms with van der Waals surface area (Å²) in [5.41, 5.74) is 4.06. The summed E-state index contributed by atoms with van der Waals surface area (Å²) in [5.74, 6) is -0.477. The molecule has 4 aromatic rings. The Hall–Kier alpha value is -3.18. The van der Waals surface area contributed by atoms with E-state index in [1.165, 1.54) is 0 Å². The van der Waals surface area contributed by atoms with Crippen molar-refractivity contribution in [1.29, 1.82) is 0 Å². The van der Waals surface area contributed by atoms with E-state index in [0.29, 0.717) is 10.7 Å². The molecule has 0 aliphatic heterocycles. The molecular formula is C21H16ClN3O2. The van der Waals surface area contributed by atoms with E-state index in [0.717, 1.165) is 22.5 Å². The summed E-state index contributed by atoms with van der Waals surface area (Å²) in [6, 6.07) is 20.9. The first-order chi connectivity index (χ1) is 13.2. The summed E-state index contributed by atoms with van der Waals surface area (Å²) in [4.78, 5) is 16.8. The molecule has 2 aromatic carbocycles. The van der Waals surface area contributed by atoms with Gasteiger partial charge in [0.25, 0.3) is 0 Å². The molecule has 0 N–H and O–H groups in total. The molecule has 134 valence electrons. The maximum absolute atomic E-state index is 12.1. The highest BCUT2D eigenvalue weighted by molar-refractivity contribution is 6.33. The highest BCUT2D eigenvalue weighted by Crippen LogP contribution is 2.31. The van der Waals surface area contributed by atoms with Gasteiger partial charge < -0.3 is 4.74 Å². The minimum atomic E-state index is -0.477. The first-order valence-electron chi connectivity index (χ1n) is 8.55. The van der Waals surface area contributed by atoms with E-state index >= 15 is 0 Å². The summed E-state index contributed by atoms with van der Waals surface area (Å²) in [6.45, 7) is 2.04. The molecule has 0 atom stereocenters. The van der Waals surface area contributed by atoms with Crippen LogP contribution in [0.2, 0.25) is 5.02 Å². The highest BCUT2D eigenvalue weighted by atomic mass is 35.5. The number of nitrogens with zero attached hydrogens (tertiary/aromatic N) is 3. The largest absolute Gasteiger partial charge is 0.461 e. The van der Waals surface area contributed by atoms with Gasteiger partial charge in [0.2, 0.25) is 0 Å². The fourth-order valence-electron chi connectivity index (χ4n) is 2.90. The number of hydrogen-bond donors (Lipinski definition) is 0. The summed E-state index contributed by atoms with van der Waals surface area (Å²) in [6.07, 6.45) is 0. The molecule has 0 radical (unpaired) electrons. The molecule has 0 saturated carbocycles. The third kappa shape index (κ3) is 3.29. The fourth-order valence-corrected chi connectivity index (χ4v) is 3.13. The van der Waals surface area contributed by atoms with Gasteiger partial charge in [-0.1, -0.05) is 60.1 Å². The van der Waals surface area contributed by atoms with Crippen molar-refractivity contribution < 1.29 is 9.53 Å². The van der Waals surface area contributed by atoms with Crippen molar-refractivity contribution in [3.63, 3.8) is 0 Å². The number of ether oxygens (including phenoxy) is 1. The SMILES string of the molecule is CCOC(=O)c1cc2nc(-c3ccccc3)cc(-c3ccccc3Cl)n2n1. The van der Waals surface area contributed by atoms with Gasteiger partial charge in [-0.25, -0.2) is 14.3 Å². The lowest BCUT2D eigenvalue weighted by Gasteiger charge is -2.10. The average molecular weight is 378 g/mol. The van der Waals surface area contributed by atoms with Crippen molar-refractivity contribution in [2.24, 2.45) is 0 Å². The molecule has 0 aliphatic carbocycles. The van der Waals surface area contributed by atoms with Crippen LogP contribution in [0.15, 0.2) is 66.7 Å². The van der Waals surface area contributed by atoms with Crippen LogP contribution < -0.4 is 0 Å². The fraction of sp³-hybridized carbons (Fsp3) is 0.0952. The third-order valence-electron chi connectivity index (χ3n) is 4.13. The quantitative estimate of drug-likeness (QED) is 0.475. The van der Waals surface area contributed by atoms with Crippen LogP contribution in [0.25, 0.3) is 28.2 Å². The van der Waals surface area contributed by atoms with Crippen LogP contribution in [0.3, 0.4) is 0 Å². The molecule has 2 aromatic heterocycles. The van der Waals surface area contributed by atoms with Crippen molar-refractivity contribution in [1.82, 2.24) is 14.6 Å². The van der Waals surface area contributed by atoms with Crippen molar-refractivity contribution in [2.75, 3.05) is 6.61 Å². The second kappa shape index (κ2) is 7.21. The van der Waals surface area contributed by atoms with Crippen LogP contribution in [0.4, 0.5) is 0 Å². The van der Waals surface area contributed by atoms with Crippen LogP contribution >= 0.6 is 11.6 Å². The van der Waals surface area contributed by atoms with E-state index < -0.39 is 5.97 Å². The van der Waals surface area contributed by atoms with E-state index in [1.54, 1.807) is 17.5 Å². The van der Waals surface area contributed by atoms with Crippen LogP contribution in [-0.4, -0.2) is 27.2 Å². The molecular weight excluding hydrogens is 362 g/mol. The third-order valence-corrected chi connectivity index (χ3v) is 4.46. The number of benzene rings is 2. The zero-order valence-corrected chi connectivity index (χ0v) is 15.3. The number of fused-ring (bicyclic) bond motifs is 1. The Morgan fingerprint density at radius 2 is 1.81 bits per heavy atom. The van der Waals surface area contributed by atoms with E-state index in [-0.39, 0.29) is 12.3 Å². The van der Waals surface area contributed by atoms with Crippen molar-refractivity contribution in [3.8, 4) is 22.5 Å². The van der Waals surface area contributed by atoms with Crippen LogP contribution in [0.1, 0.15) is 17.4 Å². The minimum absolute atomic E-state index is 0.211. The Bertz CT molecular complexity index is 1120. The lowest BCUT2D eigenvalue weighted by molar-refractivity contribution is 0.0519. The lowest BCUT2D eigenvalue weighted by atomic mass is 10.1. The summed E-state index contributed by atoms with van der Waals surface area (Å²) in [7, 11) is 0. The molecule has 0 spiro atoms. The predicted octanol–water partition coefficient (Wildman–Crippen LogP) is 4.89. The molecule has 0 bridgehead atoms. The predicted molar refractivity (Wildman–Crippen MR) is 105 cm³/mol. The molecule has 0 amide bonds. The van der Waals surface area contributed by atoms with E-state index in [2.05, 4.69) is 10.1 Å². The smallest absolute Gasteiger partial charge is 0.358 e. The Kier molecular flexibility index (Phi) is 4.60. The Morgan fingerprint density at radius 1 is 1.07 bits per heavy atom. The van der Waals surface area contributed by atoms with Crippen molar-refractivity contribution >= 4 is 23.2 Å². The molecule has 27 heavy (non-hydrogen) atoms. The maximum atomic E-state index is 12.1. The molecule has 4 rings (SSSR count). The number of carbonyl (C=O) groups excluding carboxylic acids is 1. The van der Waals surface area contributed by atoms with Gasteiger partial charge >= 0.3 is 5.97 Å². The number of carbonyl (C=O) groups is 1. The number of esters is 1.